The Morgan fingerprint density at radius 2 is 2.27 bits per heavy atom. The minimum Gasteiger partial charge on any atom is -0.394 e. The third-order valence-electron chi connectivity index (χ3n) is 4.45. The van der Waals surface area contributed by atoms with E-state index in [0.717, 1.165) is 24.3 Å². The third-order valence-corrected chi connectivity index (χ3v) is 4.45. The Balaban J connectivity index is 1.60. The van der Waals surface area contributed by atoms with E-state index in [2.05, 4.69) is 10.3 Å². The first-order chi connectivity index (χ1) is 10.8. The molecule has 2 aliphatic rings. The van der Waals surface area contributed by atoms with E-state index < -0.39 is 0 Å². The highest BCUT2D eigenvalue weighted by Gasteiger charge is 2.33. The number of carbonyl (C=O) groups is 1. The van der Waals surface area contributed by atoms with Gasteiger partial charge in [0.2, 0.25) is 0 Å². The molecule has 22 heavy (non-hydrogen) atoms. The first-order valence-electron chi connectivity index (χ1n) is 7.65. The average Bonchev–Trinajstić information content (AvgIpc) is 3.15. The second-order valence-corrected chi connectivity index (χ2v) is 5.99. The molecule has 1 aliphatic carbocycles. The van der Waals surface area contributed by atoms with Crippen LogP contribution in [0.2, 0.25) is 0 Å². The lowest BCUT2D eigenvalue weighted by Gasteiger charge is -2.27. The van der Waals surface area contributed by atoms with Crippen molar-refractivity contribution in [2.75, 3.05) is 6.61 Å². The van der Waals surface area contributed by atoms with Crippen LogP contribution in [-0.4, -0.2) is 43.5 Å². The van der Waals surface area contributed by atoms with Crippen molar-refractivity contribution < 1.29 is 14.4 Å². The maximum Gasteiger partial charge on any atom is 0.276 e. The van der Waals surface area contributed by atoms with Crippen LogP contribution in [0.1, 0.15) is 47.1 Å². The molecule has 0 bridgehead atoms. The van der Waals surface area contributed by atoms with Gasteiger partial charge < -0.3 is 14.5 Å². The molecule has 0 spiro atoms. The topological polar surface area (TPSA) is 84.4 Å². The van der Waals surface area contributed by atoms with Crippen LogP contribution < -0.4 is 0 Å². The van der Waals surface area contributed by atoms with Crippen molar-refractivity contribution >= 4 is 5.91 Å². The first kappa shape index (κ1) is 13.5. The molecule has 3 heterocycles. The molecule has 1 saturated carbocycles. The quantitative estimate of drug-likeness (QED) is 0.919. The molecule has 2 aromatic heterocycles. The number of amides is 1. The molecule has 1 amide bonds. The van der Waals surface area contributed by atoms with Crippen LogP contribution in [0.5, 0.6) is 0 Å². The minimum atomic E-state index is -0.227. The van der Waals surface area contributed by atoms with E-state index >= 15 is 0 Å². The zero-order chi connectivity index (χ0) is 15.1. The molecule has 116 valence electrons. The summed E-state index contributed by atoms with van der Waals surface area (Å²) in [5.74, 6) is 1.03. The summed E-state index contributed by atoms with van der Waals surface area (Å²) in [7, 11) is 0. The van der Waals surface area contributed by atoms with Gasteiger partial charge >= 0.3 is 0 Å². The highest BCUT2D eigenvalue weighted by Crippen LogP contribution is 2.40. The number of rotatable bonds is 3. The van der Waals surface area contributed by atoms with Crippen molar-refractivity contribution in [3.63, 3.8) is 0 Å². The molecule has 7 heteroatoms. The summed E-state index contributed by atoms with van der Waals surface area (Å²) < 4.78 is 7.16. The van der Waals surface area contributed by atoms with Crippen LogP contribution in [-0.2, 0) is 13.1 Å². The predicted octanol–water partition coefficient (Wildman–Crippen LogP) is 1.16. The highest BCUT2D eigenvalue weighted by molar-refractivity contribution is 5.92. The highest BCUT2D eigenvalue weighted by atomic mass is 16.5. The van der Waals surface area contributed by atoms with Crippen molar-refractivity contribution in [3.8, 4) is 0 Å². The summed E-state index contributed by atoms with van der Waals surface area (Å²) in [4.78, 5) is 14.4. The fourth-order valence-corrected chi connectivity index (χ4v) is 2.95. The van der Waals surface area contributed by atoms with Gasteiger partial charge in [0, 0.05) is 24.7 Å². The van der Waals surface area contributed by atoms with Crippen LogP contribution in [0.4, 0.5) is 0 Å². The van der Waals surface area contributed by atoms with Crippen molar-refractivity contribution in [2.45, 2.75) is 44.3 Å². The number of hydrogen-bond donors (Lipinski definition) is 1. The van der Waals surface area contributed by atoms with Gasteiger partial charge in [0.05, 0.1) is 24.9 Å². The zero-order valence-electron chi connectivity index (χ0n) is 12.2. The number of fused-ring (bicyclic) bond motifs is 1. The van der Waals surface area contributed by atoms with Crippen molar-refractivity contribution in [2.24, 2.45) is 0 Å². The second kappa shape index (κ2) is 5.24. The number of aliphatic hydroxyl groups is 1. The monoisotopic (exact) mass is 302 g/mol. The van der Waals surface area contributed by atoms with E-state index in [1.807, 2.05) is 10.7 Å². The fourth-order valence-electron chi connectivity index (χ4n) is 2.95. The van der Waals surface area contributed by atoms with E-state index in [4.69, 9.17) is 4.52 Å². The molecular formula is C15H18N4O3. The van der Waals surface area contributed by atoms with Crippen LogP contribution in [0.15, 0.2) is 22.9 Å². The van der Waals surface area contributed by atoms with Crippen molar-refractivity contribution in [3.05, 3.63) is 35.5 Å². The standard InChI is InChI=1S/C15H18N4O3/c20-9-12-4-6-19-11(3-5-16-19)8-18(12)15(21)13-7-14(22-17-13)10-1-2-10/h3,5,7,10,12,20H,1-2,4,6,8-9H2. The molecule has 0 saturated heterocycles. The maximum absolute atomic E-state index is 12.8. The summed E-state index contributed by atoms with van der Waals surface area (Å²) >= 11 is 0. The molecule has 2 aromatic rings. The number of aliphatic hydroxyl groups excluding tert-OH is 1. The molecule has 1 N–H and O–H groups in total. The number of nitrogens with zero attached hydrogens (tertiary/aromatic N) is 4. The van der Waals surface area contributed by atoms with Gasteiger partial charge in [0.1, 0.15) is 5.76 Å². The smallest absolute Gasteiger partial charge is 0.276 e. The van der Waals surface area contributed by atoms with Crippen LogP contribution in [0, 0.1) is 0 Å². The molecule has 1 atom stereocenters. The average molecular weight is 302 g/mol. The normalized spacial score (nSPS) is 21.5. The third kappa shape index (κ3) is 2.31. The van der Waals surface area contributed by atoms with Gasteiger partial charge in [-0.3, -0.25) is 9.48 Å². The first-order valence-corrected chi connectivity index (χ1v) is 7.65. The van der Waals surface area contributed by atoms with Crippen LogP contribution in [0.25, 0.3) is 0 Å². The minimum absolute atomic E-state index is 0.0656. The molecular weight excluding hydrogens is 284 g/mol. The van der Waals surface area contributed by atoms with Crippen LogP contribution in [0.3, 0.4) is 0 Å². The molecule has 1 unspecified atom stereocenters. The molecule has 1 fully saturated rings. The Kier molecular flexibility index (Phi) is 3.22. The Hall–Kier alpha value is -2.15. The van der Waals surface area contributed by atoms with Crippen molar-refractivity contribution in [1.29, 1.82) is 0 Å². The molecule has 7 nitrogen and oxygen atoms in total. The van der Waals surface area contributed by atoms with E-state index in [0.29, 0.717) is 31.1 Å². The van der Waals surface area contributed by atoms with Gasteiger partial charge in [0.25, 0.3) is 5.91 Å². The molecule has 0 aromatic carbocycles. The zero-order valence-corrected chi connectivity index (χ0v) is 12.2. The van der Waals surface area contributed by atoms with Gasteiger partial charge in [-0.25, -0.2) is 0 Å². The van der Waals surface area contributed by atoms with Gasteiger partial charge in [0.15, 0.2) is 5.69 Å². The number of aryl methyl sites for hydroxylation is 1. The van der Waals surface area contributed by atoms with Gasteiger partial charge in [-0.1, -0.05) is 5.16 Å². The SMILES string of the molecule is O=C(c1cc(C2CC2)on1)N1Cc2ccnn2CCC1CO. The molecule has 4 rings (SSSR count). The van der Waals surface area contributed by atoms with E-state index in [9.17, 15) is 9.90 Å². The fraction of sp³-hybridized carbons (Fsp3) is 0.533. The second-order valence-electron chi connectivity index (χ2n) is 5.99. The van der Waals surface area contributed by atoms with E-state index in [1.165, 1.54) is 0 Å². The Labute approximate surface area is 127 Å². The van der Waals surface area contributed by atoms with Gasteiger partial charge in [-0.05, 0) is 25.3 Å². The Bertz CT molecular complexity index is 689. The lowest BCUT2D eigenvalue weighted by molar-refractivity contribution is 0.0558. The maximum atomic E-state index is 12.8. The predicted molar refractivity (Wildman–Crippen MR) is 76.1 cm³/mol. The van der Waals surface area contributed by atoms with E-state index in [-0.39, 0.29) is 18.6 Å². The largest absolute Gasteiger partial charge is 0.394 e. The van der Waals surface area contributed by atoms with Crippen LogP contribution >= 0.6 is 0 Å². The molecule has 0 radical (unpaired) electrons. The lowest BCUT2D eigenvalue weighted by Crippen LogP contribution is -2.41. The van der Waals surface area contributed by atoms with Gasteiger partial charge in [-0.2, -0.15) is 5.10 Å². The van der Waals surface area contributed by atoms with Gasteiger partial charge in [-0.15, -0.1) is 0 Å². The lowest BCUT2D eigenvalue weighted by atomic mass is 10.1. The van der Waals surface area contributed by atoms with E-state index in [1.54, 1.807) is 17.2 Å². The number of carbonyl (C=O) groups excluding carboxylic acids is 1. The summed E-state index contributed by atoms with van der Waals surface area (Å²) in [5.41, 5.74) is 1.29. The Morgan fingerprint density at radius 3 is 3.05 bits per heavy atom. The number of aromatic nitrogens is 3. The Morgan fingerprint density at radius 1 is 1.41 bits per heavy atom. The summed E-state index contributed by atoms with van der Waals surface area (Å²) in [6, 6.07) is 3.42. The summed E-state index contributed by atoms with van der Waals surface area (Å²) in [5, 5.41) is 17.8. The summed E-state index contributed by atoms with van der Waals surface area (Å²) in [6.45, 7) is 1.06. The van der Waals surface area contributed by atoms with Crippen molar-refractivity contribution in [1.82, 2.24) is 19.8 Å². The number of hydrogen-bond acceptors (Lipinski definition) is 5. The summed E-state index contributed by atoms with van der Waals surface area (Å²) in [6.07, 6.45) is 4.61. The molecule has 1 aliphatic heterocycles.